The van der Waals surface area contributed by atoms with Gasteiger partial charge in [-0.1, -0.05) is 33.8 Å². The van der Waals surface area contributed by atoms with Crippen molar-refractivity contribution in [3.63, 3.8) is 0 Å². The molecular formula is C14H20N2. The quantitative estimate of drug-likeness (QED) is 0.746. The highest BCUT2D eigenvalue weighted by molar-refractivity contribution is 5.83. The number of hydrogen-bond acceptors (Lipinski definition) is 1. The molecule has 2 nitrogen and oxygen atoms in total. The Labute approximate surface area is 97.3 Å². The number of aryl methyl sites for hydroxylation is 1. The summed E-state index contributed by atoms with van der Waals surface area (Å²) in [6.45, 7) is 8.96. The van der Waals surface area contributed by atoms with E-state index in [-0.39, 0.29) is 0 Å². The van der Waals surface area contributed by atoms with Crippen LogP contribution >= 0.6 is 0 Å². The molecule has 0 saturated carbocycles. The van der Waals surface area contributed by atoms with Crippen molar-refractivity contribution in [3.05, 3.63) is 29.5 Å². The first-order valence-corrected chi connectivity index (χ1v) is 5.96. The normalized spacial score (nSPS) is 11.9. The van der Waals surface area contributed by atoms with Gasteiger partial charge >= 0.3 is 0 Å². The van der Waals surface area contributed by atoms with Crippen LogP contribution in [0.1, 0.15) is 50.7 Å². The molecule has 0 spiro atoms. The molecule has 1 aromatic heterocycles. The van der Waals surface area contributed by atoms with Gasteiger partial charge in [0, 0.05) is 12.4 Å². The Kier molecular flexibility index (Phi) is 2.75. The number of hydrogen-bond donors (Lipinski definition) is 0. The summed E-state index contributed by atoms with van der Waals surface area (Å²) < 4.78 is 1.98. The zero-order valence-corrected chi connectivity index (χ0v) is 10.8. The fraction of sp³-hybridized carbons (Fsp3) is 0.500. The molecule has 0 aliphatic rings. The summed E-state index contributed by atoms with van der Waals surface area (Å²) >= 11 is 0. The van der Waals surface area contributed by atoms with Crippen LogP contribution in [0.25, 0.3) is 10.9 Å². The first kappa shape index (κ1) is 11.2. The minimum atomic E-state index is 0.539. The lowest BCUT2D eigenvalue weighted by molar-refractivity contribution is 0.777. The molecule has 86 valence electrons. The predicted octanol–water partition coefficient (Wildman–Crippen LogP) is 3.82. The SMILES string of the molecule is CC(C)c1cc(C(C)C)c2c(cnn2C)c1. The lowest BCUT2D eigenvalue weighted by Gasteiger charge is -2.13. The Balaban J connectivity index is 2.76. The van der Waals surface area contributed by atoms with Crippen LogP contribution in [0, 0.1) is 0 Å². The van der Waals surface area contributed by atoms with Crippen molar-refractivity contribution in [2.45, 2.75) is 39.5 Å². The van der Waals surface area contributed by atoms with E-state index in [0.29, 0.717) is 11.8 Å². The molecule has 0 N–H and O–H groups in total. The maximum atomic E-state index is 4.36. The van der Waals surface area contributed by atoms with Crippen LogP contribution in [-0.4, -0.2) is 9.78 Å². The first-order chi connectivity index (χ1) is 7.50. The maximum absolute atomic E-state index is 4.36. The highest BCUT2D eigenvalue weighted by Crippen LogP contribution is 2.29. The van der Waals surface area contributed by atoms with Crippen LogP contribution in [0.15, 0.2) is 18.3 Å². The zero-order valence-electron chi connectivity index (χ0n) is 10.8. The van der Waals surface area contributed by atoms with Crippen molar-refractivity contribution in [2.75, 3.05) is 0 Å². The van der Waals surface area contributed by atoms with Crippen molar-refractivity contribution < 1.29 is 0 Å². The van der Waals surface area contributed by atoms with Crippen LogP contribution in [0.3, 0.4) is 0 Å². The van der Waals surface area contributed by atoms with E-state index in [0.717, 1.165) is 0 Å². The number of benzene rings is 1. The van der Waals surface area contributed by atoms with Crippen LogP contribution in [0.4, 0.5) is 0 Å². The molecule has 0 saturated heterocycles. The molecule has 2 aromatic rings. The van der Waals surface area contributed by atoms with Gasteiger partial charge in [0.1, 0.15) is 0 Å². The minimum absolute atomic E-state index is 0.539. The van der Waals surface area contributed by atoms with Gasteiger partial charge in [-0.3, -0.25) is 4.68 Å². The van der Waals surface area contributed by atoms with E-state index < -0.39 is 0 Å². The average Bonchev–Trinajstić information content (AvgIpc) is 2.59. The van der Waals surface area contributed by atoms with Gasteiger partial charge in [0.25, 0.3) is 0 Å². The largest absolute Gasteiger partial charge is 0.268 e. The molecule has 1 heterocycles. The van der Waals surface area contributed by atoms with E-state index in [1.807, 2.05) is 17.9 Å². The van der Waals surface area contributed by atoms with E-state index in [1.54, 1.807) is 0 Å². The molecule has 2 rings (SSSR count). The summed E-state index contributed by atoms with van der Waals surface area (Å²) in [5, 5.41) is 5.62. The Bertz CT molecular complexity index is 507. The third-order valence-corrected chi connectivity index (χ3v) is 3.17. The van der Waals surface area contributed by atoms with Gasteiger partial charge in [-0.2, -0.15) is 5.10 Å². The molecular weight excluding hydrogens is 196 g/mol. The van der Waals surface area contributed by atoms with E-state index in [9.17, 15) is 0 Å². The number of nitrogens with zero attached hydrogens (tertiary/aromatic N) is 2. The van der Waals surface area contributed by atoms with E-state index in [4.69, 9.17) is 0 Å². The summed E-state index contributed by atoms with van der Waals surface area (Å²) in [5.74, 6) is 1.11. The number of fused-ring (bicyclic) bond motifs is 1. The second kappa shape index (κ2) is 3.93. The average molecular weight is 216 g/mol. The van der Waals surface area contributed by atoms with Gasteiger partial charge in [-0.15, -0.1) is 0 Å². The molecule has 16 heavy (non-hydrogen) atoms. The summed E-state index contributed by atoms with van der Waals surface area (Å²) in [6, 6.07) is 4.60. The maximum Gasteiger partial charge on any atom is 0.0713 e. The molecule has 0 radical (unpaired) electrons. The third kappa shape index (κ3) is 1.73. The van der Waals surface area contributed by atoms with E-state index in [2.05, 4.69) is 44.9 Å². The van der Waals surface area contributed by atoms with Gasteiger partial charge < -0.3 is 0 Å². The second-order valence-corrected chi connectivity index (χ2v) is 5.13. The lowest BCUT2D eigenvalue weighted by atomic mass is 9.93. The van der Waals surface area contributed by atoms with Crippen molar-refractivity contribution in [1.82, 2.24) is 9.78 Å². The topological polar surface area (TPSA) is 17.8 Å². The van der Waals surface area contributed by atoms with Crippen molar-refractivity contribution >= 4 is 10.9 Å². The third-order valence-electron chi connectivity index (χ3n) is 3.17. The lowest BCUT2D eigenvalue weighted by Crippen LogP contribution is -1.98. The van der Waals surface area contributed by atoms with E-state index >= 15 is 0 Å². The Morgan fingerprint density at radius 3 is 2.31 bits per heavy atom. The molecule has 0 aliphatic heterocycles. The van der Waals surface area contributed by atoms with Crippen molar-refractivity contribution in [1.29, 1.82) is 0 Å². The van der Waals surface area contributed by atoms with Crippen LogP contribution in [0.5, 0.6) is 0 Å². The zero-order chi connectivity index (χ0) is 11.9. The highest BCUT2D eigenvalue weighted by Gasteiger charge is 2.12. The minimum Gasteiger partial charge on any atom is -0.268 e. The molecule has 0 fully saturated rings. The van der Waals surface area contributed by atoms with Gasteiger partial charge in [-0.25, -0.2) is 0 Å². The van der Waals surface area contributed by atoms with Crippen LogP contribution in [0.2, 0.25) is 0 Å². The van der Waals surface area contributed by atoms with Crippen LogP contribution in [-0.2, 0) is 7.05 Å². The number of aromatic nitrogens is 2. The molecule has 0 aliphatic carbocycles. The van der Waals surface area contributed by atoms with E-state index in [1.165, 1.54) is 22.0 Å². The Hall–Kier alpha value is -1.31. The first-order valence-electron chi connectivity index (χ1n) is 5.96. The fourth-order valence-corrected chi connectivity index (χ4v) is 2.16. The summed E-state index contributed by atoms with van der Waals surface area (Å²) in [5.41, 5.74) is 4.09. The molecule has 2 heteroatoms. The Morgan fingerprint density at radius 2 is 1.75 bits per heavy atom. The predicted molar refractivity (Wildman–Crippen MR) is 68.9 cm³/mol. The second-order valence-electron chi connectivity index (χ2n) is 5.13. The molecule has 0 atom stereocenters. The van der Waals surface area contributed by atoms with Crippen molar-refractivity contribution in [3.8, 4) is 0 Å². The fourth-order valence-electron chi connectivity index (χ4n) is 2.16. The molecule has 0 amide bonds. The molecule has 0 bridgehead atoms. The highest BCUT2D eigenvalue weighted by atomic mass is 15.2. The Morgan fingerprint density at radius 1 is 1.06 bits per heavy atom. The monoisotopic (exact) mass is 216 g/mol. The van der Waals surface area contributed by atoms with Gasteiger partial charge in [0.2, 0.25) is 0 Å². The summed E-state index contributed by atoms with van der Waals surface area (Å²) in [4.78, 5) is 0. The molecule has 0 unspecified atom stereocenters. The summed E-state index contributed by atoms with van der Waals surface area (Å²) in [6.07, 6.45) is 1.97. The van der Waals surface area contributed by atoms with Gasteiger partial charge in [0.05, 0.1) is 11.7 Å². The summed E-state index contributed by atoms with van der Waals surface area (Å²) in [7, 11) is 2.02. The number of rotatable bonds is 2. The van der Waals surface area contributed by atoms with Gasteiger partial charge in [-0.05, 0) is 29.0 Å². The smallest absolute Gasteiger partial charge is 0.0713 e. The van der Waals surface area contributed by atoms with Gasteiger partial charge in [0.15, 0.2) is 0 Å². The molecule has 1 aromatic carbocycles. The van der Waals surface area contributed by atoms with Crippen LogP contribution < -0.4 is 0 Å². The van der Waals surface area contributed by atoms with Crippen molar-refractivity contribution in [2.24, 2.45) is 7.05 Å². The standard InChI is InChI=1S/C14H20N2/c1-9(2)11-6-12-8-15-16(5)14(12)13(7-11)10(3)4/h6-10H,1-5H3.